The van der Waals surface area contributed by atoms with Crippen LogP contribution >= 0.6 is 0 Å². The molecule has 0 saturated heterocycles. The highest BCUT2D eigenvalue weighted by Crippen LogP contribution is 2.30. The van der Waals surface area contributed by atoms with Gasteiger partial charge in [0.1, 0.15) is 23.6 Å². The number of nitrogens with zero attached hydrogens (tertiary/aromatic N) is 2. The predicted molar refractivity (Wildman–Crippen MR) is 110 cm³/mol. The molecule has 144 valence electrons. The molecule has 0 saturated carbocycles. The summed E-state index contributed by atoms with van der Waals surface area (Å²) in [6.45, 7) is 4.86. The SMILES string of the molecule is CC(C)CCNC(=O)c1cc(Nc2ccccc2Oc2ccccc2)ncn1. The molecule has 3 rings (SSSR count). The first kappa shape index (κ1) is 19.4. The maximum absolute atomic E-state index is 12.3. The Morgan fingerprint density at radius 3 is 2.57 bits per heavy atom. The van der Waals surface area contributed by atoms with Crippen LogP contribution in [-0.2, 0) is 0 Å². The standard InChI is InChI=1S/C22H24N4O2/c1-16(2)12-13-23-22(27)19-14-21(25-15-24-19)26-18-10-6-7-11-20(18)28-17-8-4-3-5-9-17/h3-11,14-16H,12-13H2,1-2H3,(H,23,27)(H,24,25,26). The number of carbonyl (C=O) groups is 1. The van der Waals surface area contributed by atoms with Crippen LogP contribution in [0.15, 0.2) is 67.0 Å². The summed E-state index contributed by atoms with van der Waals surface area (Å²) < 4.78 is 5.95. The number of amides is 1. The van der Waals surface area contributed by atoms with Crippen molar-refractivity contribution in [1.82, 2.24) is 15.3 Å². The average Bonchev–Trinajstić information content (AvgIpc) is 2.70. The second kappa shape index (κ2) is 9.50. The second-order valence-electron chi connectivity index (χ2n) is 6.76. The Morgan fingerprint density at radius 1 is 1.04 bits per heavy atom. The van der Waals surface area contributed by atoms with Crippen LogP contribution in [0.3, 0.4) is 0 Å². The van der Waals surface area contributed by atoms with Crippen molar-refractivity contribution < 1.29 is 9.53 Å². The molecule has 0 spiro atoms. The van der Waals surface area contributed by atoms with Crippen LogP contribution in [0.4, 0.5) is 11.5 Å². The van der Waals surface area contributed by atoms with Crippen molar-refractivity contribution in [3.8, 4) is 11.5 Å². The summed E-state index contributed by atoms with van der Waals surface area (Å²) in [4.78, 5) is 20.6. The first-order valence-corrected chi connectivity index (χ1v) is 9.31. The maximum atomic E-state index is 12.3. The summed E-state index contributed by atoms with van der Waals surface area (Å²) in [5, 5.41) is 6.09. The lowest BCUT2D eigenvalue weighted by Gasteiger charge is -2.13. The fourth-order valence-corrected chi connectivity index (χ4v) is 2.53. The average molecular weight is 376 g/mol. The molecule has 0 radical (unpaired) electrons. The van der Waals surface area contributed by atoms with Crippen LogP contribution in [0.2, 0.25) is 0 Å². The number of hydrogen-bond donors (Lipinski definition) is 2. The number of rotatable bonds is 8. The number of anilines is 2. The van der Waals surface area contributed by atoms with Crippen molar-refractivity contribution in [2.45, 2.75) is 20.3 Å². The Kier molecular flexibility index (Phi) is 6.57. The maximum Gasteiger partial charge on any atom is 0.270 e. The zero-order valence-corrected chi connectivity index (χ0v) is 16.1. The monoisotopic (exact) mass is 376 g/mol. The van der Waals surface area contributed by atoms with Gasteiger partial charge in [-0.15, -0.1) is 0 Å². The van der Waals surface area contributed by atoms with Crippen molar-refractivity contribution in [2.24, 2.45) is 5.92 Å². The fraction of sp³-hybridized carbons (Fsp3) is 0.227. The van der Waals surface area contributed by atoms with Gasteiger partial charge in [-0.05, 0) is 36.6 Å². The Balaban J connectivity index is 1.71. The van der Waals surface area contributed by atoms with E-state index < -0.39 is 0 Å². The third kappa shape index (κ3) is 5.54. The molecule has 0 bridgehead atoms. The molecule has 0 fully saturated rings. The van der Waals surface area contributed by atoms with Gasteiger partial charge in [-0.3, -0.25) is 4.79 Å². The van der Waals surface area contributed by atoms with Crippen molar-refractivity contribution in [3.63, 3.8) is 0 Å². The van der Waals surface area contributed by atoms with E-state index >= 15 is 0 Å². The van der Waals surface area contributed by atoms with Gasteiger partial charge in [0.05, 0.1) is 5.69 Å². The Morgan fingerprint density at radius 2 is 1.79 bits per heavy atom. The number of aromatic nitrogens is 2. The number of hydrogen-bond acceptors (Lipinski definition) is 5. The molecule has 0 aliphatic rings. The first-order valence-electron chi connectivity index (χ1n) is 9.31. The summed E-state index contributed by atoms with van der Waals surface area (Å²) in [5.74, 6) is 2.25. The third-order valence-electron chi connectivity index (χ3n) is 4.03. The van der Waals surface area contributed by atoms with Crippen LogP contribution < -0.4 is 15.4 Å². The number of ether oxygens (including phenoxy) is 1. The number of nitrogens with one attached hydrogen (secondary N) is 2. The van der Waals surface area contributed by atoms with Gasteiger partial charge in [-0.1, -0.05) is 44.2 Å². The first-order chi connectivity index (χ1) is 13.6. The molecular weight excluding hydrogens is 352 g/mol. The molecule has 6 heteroatoms. The van der Waals surface area contributed by atoms with Gasteiger partial charge >= 0.3 is 0 Å². The highest BCUT2D eigenvalue weighted by molar-refractivity contribution is 5.93. The minimum atomic E-state index is -0.208. The molecule has 1 amide bonds. The molecular formula is C22H24N4O2. The van der Waals surface area contributed by atoms with Crippen LogP contribution in [0, 0.1) is 5.92 Å². The van der Waals surface area contributed by atoms with Gasteiger partial charge in [0.25, 0.3) is 5.91 Å². The van der Waals surface area contributed by atoms with E-state index in [1.54, 1.807) is 6.07 Å². The molecule has 0 unspecified atom stereocenters. The molecule has 1 heterocycles. The van der Waals surface area contributed by atoms with Gasteiger partial charge in [-0.25, -0.2) is 9.97 Å². The van der Waals surface area contributed by atoms with Crippen LogP contribution in [0.25, 0.3) is 0 Å². The molecule has 6 nitrogen and oxygen atoms in total. The van der Waals surface area contributed by atoms with E-state index in [2.05, 4.69) is 34.4 Å². The molecule has 2 N–H and O–H groups in total. The molecule has 0 atom stereocenters. The minimum Gasteiger partial charge on any atom is -0.455 e. The highest BCUT2D eigenvalue weighted by atomic mass is 16.5. The quantitative estimate of drug-likeness (QED) is 0.591. The van der Waals surface area contributed by atoms with E-state index in [1.807, 2.05) is 54.6 Å². The van der Waals surface area contributed by atoms with Gasteiger partial charge in [0.15, 0.2) is 5.75 Å². The van der Waals surface area contributed by atoms with E-state index in [0.717, 1.165) is 17.9 Å². The van der Waals surface area contributed by atoms with E-state index in [0.29, 0.717) is 29.7 Å². The molecule has 1 aromatic heterocycles. The van der Waals surface area contributed by atoms with Gasteiger partial charge in [0.2, 0.25) is 0 Å². The zero-order valence-electron chi connectivity index (χ0n) is 16.1. The Bertz CT molecular complexity index is 913. The largest absolute Gasteiger partial charge is 0.455 e. The lowest BCUT2D eigenvalue weighted by Crippen LogP contribution is -2.26. The van der Waals surface area contributed by atoms with Gasteiger partial charge in [0, 0.05) is 12.6 Å². The second-order valence-corrected chi connectivity index (χ2v) is 6.76. The van der Waals surface area contributed by atoms with E-state index in [1.165, 1.54) is 6.33 Å². The molecule has 0 aliphatic carbocycles. The predicted octanol–water partition coefficient (Wildman–Crippen LogP) is 4.79. The van der Waals surface area contributed by atoms with Crippen molar-refractivity contribution in [1.29, 1.82) is 0 Å². The van der Waals surface area contributed by atoms with Crippen LogP contribution in [0.5, 0.6) is 11.5 Å². The Hall–Kier alpha value is -3.41. The van der Waals surface area contributed by atoms with Gasteiger partial charge in [-0.2, -0.15) is 0 Å². The van der Waals surface area contributed by atoms with Crippen LogP contribution in [0.1, 0.15) is 30.8 Å². The fourth-order valence-electron chi connectivity index (χ4n) is 2.53. The molecule has 0 aliphatic heterocycles. The molecule has 3 aromatic rings. The van der Waals surface area contributed by atoms with Crippen LogP contribution in [-0.4, -0.2) is 22.4 Å². The Labute approximate surface area is 165 Å². The summed E-state index contributed by atoms with van der Waals surface area (Å²) in [5.41, 5.74) is 1.07. The lowest BCUT2D eigenvalue weighted by atomic mass is 10.1. The number of benzene rings is 2. The third-order valence-corrected chi connectivity index (χ3v) is 4.03. The summed E-state index contributed by atoms with van der Waals surface area (Å²) in [6, 6.07) is 18.7. The summed E-state index contributed by atoms with van der Waals surface area (Å²) in [6.07, 6.45) is 2.30. The normalized spacial score (nSPS) is 10.5. The smallest absolute Gasteiger partial charge is 0.270 e. The van der Waals surface area contributed by atoms with Gasteiger partial charge < -0.3 is 15.4 Å². The van der Waals surface area contributed by atoms with Crippen molar-refractivity contribution >= 4 is 17.4 Å². The number of para-hydroxylation sites is 3. The molecule has 28 heavy (non-hydrogen) atoms. The topological polar surface area (TPSA) is 76.1 Å². The zero-order chi connectivity index (χ0) is 19.8. The minimum absolute atomic E-state index is 0.208. The van der Waals surface area contributed by atoms with E-state index in [9.17, 15) is 4.79 Å². The van der Waals surface area contributed by atoms with E-state index in [-0.39, 0.29) is 5.91 Å². The van der Waals surface area contributed by atoms with E-state index in [4.69, 9.17) is 4.74 Å². The summed E-state index contributed by atoms with van der Waals surface area (Å²) >= 11 is 0. The lowest BCUT2D eigenvalue weighted by molar-refractivity contribution is 0.0947. The molecule has 2 aromatic carbocycles. The van der Waals surface area contributed by atoms with Crippen molar-refractivity contribution in [3.05, 3.63) is 72.7 Å². The summed E-state index contributed by atoms with van der Waals surface area (Å²) in [7, 11) is 0. The van der Waals surface area contributed by atoms with Crippen molar-refractivity contribution in [2.75, 3.05) is 11.9 Å². The highest BCUT2D eigenvalue weighted by Gasteiger charge is 2.10. The number of carbonyl (C=O) groups excluding carboxylic acids is 1.